The fraction of sp³-hybridized carbons (Fsp3) is 0.667. The minimum absolute atomic E-state index is 0.393. The van der Waals surface area contributed by atoms with Gasteiger partial charge in [0.15, 0.2) is 5.96 Å². The van der Waals surface area contributed by atoms with Crippen LogP contribution in [0, 0.1) is 5.92 Å². The highest BCUT2D eigenvalue weighted by atomic mass is 16.6. The Morgan fingerprint density at radius 3 is 2.69 bits per heavy atom. The molecule has 8 heteroatoms. The van der Waals surface area contributed by atoms with Crippen LogP contribution in [0.5, 0.6) is 5.88 Å². The SMILES string of the molecule is CCNC(=NCc1ccnc(OCC2CC2)c1)NCCCNC(=O)OC(C)(C)C. The molecular formula is C21H35N5O3. The number of hydrogen-bond acceptors (Lipinski definition) is 5. The lowest BCUT2D eigenvalue weighted by Crippen LogP contribution is -2.39. The number of amides is 1. The van der Waals surface area contributed by atoms with E-state index in [-0.39, 0.29) is 0 Å². The first-order chi connectivity index (χ1) is 13.9. The van der Waals surface area contributed by atoms with Crippen molar-refractivity contribution in [2.24, 2.45) is 10.9 Å². The van der Waals surface area contributed by atoms with Gasteiger partial charge in [-0.15, -0.1) is 0 Å². The lowest BCUT2D eigenvalue weighted by molar-refractivity contribution is 0.0527. The Bertz CT molecular complexity index is 669. The molecule has 1 aliphatic carbocycles. The molecule has 0 aliphatic heterocycles. The maximum atomic E-state index is 11.6. The van der Waals surface area contributed by atoms with E-state index in [9.17, 15) is 4.79 Å². The highest BCUT2D eigenvalue weighted by molar-refractivity contribution is 5.79. The average molecular weight is 406 g/mol. The van der Waals surface area contributed by atoms with Gasteiger partial charge in [-0.25, -0.2) is 14.8 Å². The quantitative estimate of drug-likeness (QED) is 0.315. The maximum Gasteiger partial charge on any atom is 0.407 e. The molecule has 1 aromatic heterocycles. The van der Waals surface area contributed by atoms with Crippen LogP contribution in [0.4, 0.5) is 4.79 Å². The molecule has 1 saturated carbocycles. The lowest BCUT2D eigenvalue weighted by Gasteiger charge is -2.19. The molecule has 162 valence electrons. The molecule has 2 rings (SSSR count). The van der Waals surface area contributed by atoms with E-state index in [1.807, 2.05) is 39.8 Å². The lowest BCUT2D eigenvalue weighted by atomic mass is 10.2. The van der Waals surface area contributed by atoms with Gasteiger partial charge in [0.1, 0.15) is 5.60 Å². The predicted molar refractivity (Wildman–Crippen MR) is 114 cm³/mol. The van der Waals surface area contributed by atoms with Crippen molar-refractivity contribution >= 4 is 12.1 Å². The third-order valence-corrected chi connectivity index (χ3v) is 4.04. The van der Waals surface area contributed by atoms with Crippen LogP contribution in [0.3, 0.4) is 0 Å². The molecule has 3 N–H and O–H groups in total. The largest absolute Gasteiger partial charge is 0.477 e. The van der Waals surface area contributed by atoms with Crippen molar-refractivity contribution in [1.82, 2.24) is 20.9 Å². The molecule has 8 nitrogen and oxygen atoms in total. The zero-order chi connectivity index (χ0) is 21.1. The summed E-state index contributed by atoms with van der Waals surface area (Å²) in [5.74, 6) is 2.10. The average Bonchev–Trinajstić information content (AvgIpc) is 3.47. The molecule has 0 unspecified atom stereocenters. The number of pyridine rings is 1. The summed E-state index contributed by atoms with van der Waals surface area (Å²) in [6.07, 6.45) is 4.65. The maximum absolute atomic E-state index is 11.6. The molecule has 0 bridgehead atoms. The number of carbonyl (C=O) groups excluding carboxylic acids is 1. The first-order valence-electron chi connectivity index (χ1n) is 10.4. The molecule has 0 spiro atoms. The molecule has 29 heavy (non-hydrogen) atoms. The van der Waals surface area contributed by atoms with Gasteiger partial charge in [-0.1, -0.05) is 0 Å². The third kappa shape index (κ3) is 10.6. The van der Waals surface area contributed by atoms with Crippen LogP contribution in [0.1, 0.15) is 52.5 Å². The smallest absolute Gasteiger partial charge is 0.407 e. The van der Waals surface area contributed by atoms with E-state index in [2.05, 4.69) is 25.9 Å². The van der Waals surface area contributed by atoms with Gasteiger partial charge in [-0.2, -0.15) is 0 Å². The van der Waals surface area contributed by atoms with Crippen molar-refractivity contribution in [1.29, 1.82) is 0 Å². The molecule has 0 aromatic carbocycles. The number of guanidine groups is 1. The van der Waals surface area contributed by atoms with Crippen LogP contribution in [0.15, 0.2) is 23.3 Å². The van der Waals surface area contributed by atoms with Gasteiger partial charge in [-0.3, -0.25) is 0 Å². The number of ether oxygens (including phenoxy) is 2. The van der Waals surface area contributed by atoms with Crippen LogP contribution in [-0.4, -0.2) is 48.9 Å². The van der Waals surface area contributed by atoms with E-state index >= 15 is 0 Å². The summed E-state index contributed by atoms with van der Waals surface area (Å²) in [6, 6.07) is 3.89. The Hall–Kier alpha value is -2.51. The van der Waals surface area contributed by atoms with Crippen LogP contribution in [-0.2, 0) is 11.3 Å². The van der Waals surface area contributed by atoms with Crippen LogP contribution >= 0.6 is 0 Å². The van der Waals surface area contributed by atoms with Crippen LogP contribution in [0.25, 0.3) is 0 Å². The first kappa shape index (κ1) is 22.8. The highest BCUT2D eigenvalue weighted by Gasteiger charge is 2.22. The van der Waals surface area contributed by atoms with Gasteiger partial charge >= 0.3 is 6.09 Å². The standard InChI is InChI=1S/C21H35N5O3/c1-5-22-19(24-10-6-11-25-20(27)29-21(2,3)4)26-14-17-9-12-23-18(13-17)28-15-16-7-8-16/h9,12-13,16H,5-8,10-11,14-15H2,1-4H3,(H,25,27)(H2,22,24,26). The molecule has 0 radical (unpaired) electrons. The highest BCUT2D eigenvalue weighted by Crippen LogP contribution is 2.29. The van der Waals surface area contributed by atoms with Gasteiger partial charge in [0.05, 0.1) is 13.2 Å². The van der Waals surface area contributed by atoms with Crippen molar-refractivity contribution in [3.8, 4) is 5.88 Å². The summed E-state index contributed by atoms with van der Waals surface area (Å²) in [5.41, 5.74) is 0.567. The van der Waals surface area contributed by atoms with Crippen molar-refractivity contribution < 1.29 is 14.3 Å². The Morgan fingerprint density at radius 2 is 2.00 bits per heavy atom. The molecule has 1 aromatic rings. The monoisotopic (exact) mass is 405 g/mol. The van der Waals surface area contributed by atoms with E-state index in [0.717, 1.165) is 31.1 Å². The normalized spacial score (nSPS) is 14.3. The fourth-order valence-electron chi connectivity index (χ4n) is 2.43. The van der Waals surface area contributed by atoms with Gasteiger partial charge in [-0.05, 0) is 64.5 Å². The zero-order valence-electron chi connectivity index (χ0n) is 18.1. The number of carbonyl (C=O) groups is 1. The topological polar surface area (TPSA) is 96.9 Å². The number of aromatic nitrogens is 1. The molecular weight excluding hydrogens is 370 g/mol. The number of aliphatic imine (C=N–C) groups is 1. The summed E-state index contributed by atoms with van der Waals surface area (Å²) >= 11 is 0. The molecule has 1 fully saturated rings. The number of rotatable bonds is 10. The Labute approximate surface area is 173 Å². The molecule has 0 saturated heterocycles. The number of nitrogens with one attached hydrogen (secondary N) is 3. The summed E-state index contributed by atoms with van der Waals surface area (Å²) in [5, 5.41) is 9.25. The summed E-state index contributed by atoms with van der Waals surface area (Å²) in [7, 11) is 0. The predicted octanol–water partition coefficient (Wildman–Crippen LogP) is 2.84. The van der Waals surface area contributed by atoms with Crippen molar-refractivity contribution in [3.63, 3.8) is 0 Å². The minimum atomic E-state index is -0.483. The second-order valence-electron chi connectivity index (χ2n) is 8.16. The fourth-order valence-corrected chi connectivity index (χ4v) is 2.43. The number of nitrogens with zero attached hydrogens (tertiary/aromatic N) is 2. The number of alkyl carbamates (subject to hydrolysis) is 1. The van der Waals surface area contributed by atoms with Crippen LogP contribution in [0.2, 0.25) is 0 Å². The number of hydrogen-bond donors (Lipinski definition) is 3. The van der Waals surface area contributed by atoms with Crippen LogP contribution < -0.4 is 20.7 Å². The van der Waals surface area contributed by atoms with Gasteiger partial charge in [0.25, 0.3) is 0 Å². The Kier molecular flexibility index (Phi) is 9.02. The summed E-state index contributed by atoms with van der Waals surface area (Å²) in [6.45, 7) is 10.8. The van der Waals surface area contributed by atoms with Gasteiger partial charge in [0.2, 0.25) is 5.88 Å². The Morgan fingerprint density at radius 1 is 1.24 bits per heavy atom. The molecule has 1 aliphatic rings. The minimum Gasteiger partial charge on any atom is -0.477 e. The van der Waals surface area contributed by atoms with Gasteiger partial charge < -0.3 is 25.4 Å². The van der Waals surface area contributed by atoms with E-state index in [0.29, 0.717) is 31.4 Å². The second-order valence-corrected chi connectivity index (χ2v) is 8.16. The third-order valence-electron chi connectivity index (χ3n) is 4.04. The van der Waals surface area contributed by atoms with E-state index < -0.39 is 11.7 Å². The van der Waals surface area contributed by atoms with E-state index in [1.165, 1.54) is 12.8 Å². The van der Waals surface area contributed by atoms with Crippen molar-refractivity contribution in [2.45, 2.75) is 59.1 Å². The van der Waals surface area contributed by atoms with Gasteiger partial charge in [0, 0.05) is 31.9 Å². The van der Waals surface area contributed by atoms with E-state index in [1.54, 1.807) is 6.20 Å². The second kappa shape index (κ2) is 11.5. The van der Waals surface area contributed by atoms with Crippen molar-refractivity contribution in [3.05, 3.63) is 23.9 Å². The molecule has 1 heterocycles. The molecule has 0 atom stereocenters. The summed E-state index contributed by atoms with van der Waals surface area (Å²) in [4.78, 5) is 20.5. The zero-order valence-corrected chi connectivity index (χ0v) is 18.1. The van der Waals surface area contributed by atoms with E-state index in [4.69, 9.17) is 9.47 Å². The summed E-state index contributed by atoms with van der Waals surface area (Å²) < 4.78 is 10.9. The first-order valence-corrected chi connectivity index (χ1v) is 10.4. The Balaban J connectivity index is 1.71. The molecule has 1 amide bonds. The van der Waals surface area contributed by atoms with Crippen molar-refractivity contribution in [2.75, 3.05) is 26.2 Å².